The number of nitrogens with zero attached hydrogens (tertiary/aromatic N) is 3. The Balaban J connectivity index is 1.93. The Kier molecular flexibility index (Phi) is 4.10. The second-order valence-corrected chi connectivity index (χ2v) is 7.20. The van der Waals surface area contributed by atoms with Crippen molar-refractivity contribution in [3.05, 3.63) is 64.5 Å². The monoisotopic (exact) mass is 333 g/mol. The molecule has 0 amide bonds. The molecule has 0 spiro atoms. The van der Waals surface area contributed by atoms with Crippen LogP contribution in [0.5, 0.6) is 0 Å². The molecule has 1 fully saturated rings. The molecule has 1 aliphatic rings. The summed E-state index contributed by atoms with van der Waals surface area (Å²) in [6.07, 6.45) is 4.81. The van der Waals surface area contributed by atoms with Gasteiger partial charge in [0.25, 0.3) is 5.69 Å². The van der Waals surface area contributed by atoms with E-state index in [9.17, 15) is 18.5 Å². The molecule has 2 aromatic rings. The van der Waals surface area contributed by atoms with Gasteiger partial charge in [-0.1, -0.05) is 0 Å². The fraction of sp³-hybridized carbons (Fsp3) is 0.267. The molecule has 0 saturated carbocycles. The van der Waals surface area contributed by atoms with E-state index in [-0.39, 0.29) is 16.6 Å². The van der Waals surface area contributed by atoms with E-state index >= 15 is 0 Å². The predicted molar refractivity (Wildman–Crippen MR) is 83.2 cm³/mol. The summed E-state index contributed by atoms with van der Waals surface area (Å²) in [6, 6.07) is 8.40. The van der Waals surface area contributed by atoms with Gasteiger partial charge < -0.3 is 0 Å². The van der Waals surface area contributed by atoms with Crippen LogP contribution >= 0.6 is 0 Å². The second kappa shape index (κ2) is 6.05. The van der Waals surface area contributed by atoms with Crippen molar-refractivity contribution >= 4 is 15.7 Å². The van der Waals surface area contributed by atoms with Crippen molar-refractivity contribution in [2.75, 3.05) is 6.54 Å². The van der Waals surface area contributed by atoms with Crippen LogP contribution in [0.1, 0.15) is 24.4 Å². The Bertz CT molecular complexity index is 806. The van der Waals surface area contributed by atoms with Gasteiger partial charge in [-0.25, -0.2) is 8.42 Å². The number of non-ortho nitro benzene ring substituents is 1. The first kappa shape index (κ1) is 15.6. The number of hydrogen-bond acceptors (Lipinski definition) is 5. The van der Waals surface area contributed by atoms with Gasteiger partial charge in [-0.05, 0) is 42.7 Å². The zero-order valence-corrected chi connectivity index (χ0v) is 13.0. The zero-order valence-electron chi connectivity index (χ0n) is 12.2. The van der Waals surface area contributed by atoms with Gasteiger partial charge in [-0.15, -0.1) is 0 Å². The van der Waals surface area contributed by atoms with E-state index in [4.69, 9.17) is 0 Å². The smallest absolute Gasteiger partial charge is 0.265 e. The normalized spacial score (nSPS) is 18.9. The second-order valence-electron chi connectivity index (χ2n) is 5.31. The maximum Gasteiger partial charge on any atom is 0.269 e. The quantitative estimate of drug-likeness (QED) is 0.633. The highest BCUT2D eigenvalue weighted by molar-refractivity contribution is 7.89. The Morgan fingerprint density at radius 2 is 1.78 bits per heavy atom. The zero-order chi connectivity index (χ0) is 16.4. The third kappa shape index (κ3) is 2.95. The van der Waals surface area contributed by atoms with Crippen molar-refractivity contribution in [1.82, 2.24) is 9.29 Å². The van der Waals surface area contributed by atoms with Crippen LogP contribution < -0.4 is 0 Å². The van der Waals surface area contributed by atoms with Crippen LogP contribution in [0, 0.1) is 10.1 Å². The van der Waals surface area contributed by atoms with Gasteiger partial charge in [-0.2, -0.15) is 4.31 Å². The molecule has 0 unspecified atom stereocenters. The molecule has 0 aliphatic carbocycles. The minimum absolute atomic E-state index is 0.0732. The van der Waals surface area contributed by atoms with Crippen LogP contribution in [0.4, 0.5) is 5.69 Å². The topological polar surface area (TPSA) is 93.4 Å². The highest BCUT2D eigenvalue weighted by Gasteiger charge is 2.36. The number of nitro groups is 1. The van der Waals surface area contributed by atoms with Gasteiger partial charge in [0.15, 0.2) is 0 Å². The SMILES string of the molecule is O=[N+]([O-])c1ccc(S(=O)(=O)N2CCC[C@H]2c2ccncc2)cc1. The van der Waals surface area contributed by atoms with Gasteiger partial charge in [0.2, 0.25) is 10.0 Å². The van der Waals surface area contributed by atoms with Gasteiger partial charge in [-0.3, -0.25) is 15.1 Å². The van der Waals surface area contributed by atoms with Gasteiger partial charge >= 0.3 is 0 Å². The van der Waals surface area contributed by atoms with Crippen molar-refractivity contribution in [3.8, 4) is 0 Å². The molecule has 1 aliphatic heterocycles. The molecule has 3 rings (SSSR count). The van der Waals surface area contributed by atoms with Crippen molar-refractivity contribution in [3.63, 3.8) is 0 Å². The highest BCUT2D eigenvalue weighted by atomic mass is 32.2. The lowest BCUT2D eigenvalue weighted by Gasteiger charge is -2.24. The van der Waals surface area contributed by atoms with Gasteiger partial charge in [0.1, 0.15) is 0 Å². The highest BCUT2D eigenvalue weighted by Crippen LogP contribution is 2.36. The molecule has 1 aromatic heterocycles. The van der Waals surface area contributed by atoms with E-state index in [2.05, 4.69) is 4.98 Å². The Hall–Kier alpha value is -2.32. The minimum Gasteiger partial charge on any atom is -0.265 e. The summed E-state index contributed by atoms with van der Waals surface area (Å²) in [7, 11) is -3.69. The van der Waals surface area contributed by atoms with E-state index in [0.29, 0.717) is 6.54 Å². The van der Waals surface area contributed by atoms with Crippen molar-refractivity contribution in [2.24, 2.45) is 0 Å². The van der Waals surface area contributed by atoms with Crippen molar-refractivity contribution < 1.29 is 13.3 Å². The van der Waals surface area contributed by atoms with E-state index in [0.717, 1.165) is 18.4 Å². The fourth-order valence-electron chi connectivity index (χ4n) is 2.82. The Morgan fingerprint density at radius 1 is 1.13 bits per heavy atom. The Morgan fingerprint density at radius 3 is 2.39 bits per heavy atom. The number of hydrogen-bond donors (Lipinski definition) is 0. The third-order valence-corrected chi connectivity index (χ3v) is 5.87. The molecule has 120 valence electrons. The average molecular weight is 333 g/mol. The summed E-state index contributed by atoms with van der Waals surface area (Å²) >= 11 is 0. The first-order valence-corrected chi connectivity index (χ1v) is 8.60. The number of benzene rings is 1. The number of nitro benzene ring substituents is 1. The first-order valence-electron chi connectivity index (χ1n) is 7.16. The van der Waals surface area contributed by atoms with Gasteiger partial charge in [0, 0.05) is 31.1 Å². The lowest BCUT2D eigenvalue weighted by molar-refractivity contribution is -0.384. The number of sulfonamides is 1. The molecule has 7 nitrogen and oxygen atoms in total. The van der Waals surface area contributed by atoms with Crippen molar-refractivity contribution in [1.29, 1.82) is 0 Å². The average Bonchev–Trinajstić information content (AvgIpc) is 3.06. The van der Waals surface area contributed by atoms with Crippen molar-refractivity contribution in [2.45, 2.75) is 23.8 Å². The largest absolute Gasteiger partial charge is 0.269 e. The maximum absolute atomic E-state index is 12.8. The molecule has 0 radical (unpaired) electrons. The Labute approximate surface area is 133 Å². The maximum atomic E-state index is 12.8. The molecule has 2 heterocycles. The molecule has 1 saturated heterocycles. The number of rotatable bonds is 4. The fourth-order valence-corrected chi connectivity index (χ4v) is 4.50. The summed E-state index contributed by atoms with van der Waals surface area (Å²) in [5, 5.41) is 10.7. The van der Waals surface area contributed by atoms with Crippen LogP contribution in [0.15, 0.2) is 53.7 Å². The molecule has 0 N–H and O–H groups in total. The molecule has 1 aromatic carbocycles. The van der Waals surface area contributed by atoms with E-state index in [1.807, 2.05) is 12.1 Å². The molecular formula is C15H15N3O4S. The van der Waals surface area contributed by atoms with Crippen LogP contribution in [0.25, 0.3) is 0 Å². The molecule has 1 atom stereocenters. The first-order chi connectivity index (χ1) is 11.0. The lowest BCUT2D eigenvalue weighted by Crippen LogP contribution is -2.30. The van der Waals surface area contributed by atoms with E-state index in [1.165, 1.54) is 28.6 Å². The van der Waals surface area contributed by atoms with Gasteiger partial charge in [0.05, 0.1) is 15.9 Å². The third-order valence-electron chi connectivity index (χ3n) is 3.95. The minimum atomic E-state index is -3.69. The summed E-state index contributed by atoms with van der Waals surface area (Å²) in [4.78, 5) is 14.2. The lowest BCUT2D eigenvalue weighted by atomic mass is 10.1. The summed E-state index contributed by atoms with van der Waals surface area (Å²) in [5.74, 6) is 0. The molecule has 23 heavy (non-hydrogen) atoms. The predicted octanol–water partition coefficient (Wildman–Crippen LogP) is 2.52. The summed E-state index contributed by atoms with van der Waals surface area (Å²) in [6.45, 7) is 0.437. The number of aromatic nitrogens is 1. The summed E-state index contributed by atoms with van der Waals surface area (Å²) in [5.41, 5.74) is 0.777. The molecular weight excluding hydrogens is 318 g/mol. The molecule has 8 heteroatoms. The summed E-state index contributed by atoms with van der Waals surface area (Å²) < 4.78 is 27.1. The van der Waals surface area contributed by atoms with Crippen LogP contribution in [0.2, 0.25) is 0 Å². The standard InChI is InChI=1S/C15H15N3O4S/c19-18(20)13-3-5-14(6-4-13)23(21,22)17-11-1-2-15(17)12-7-9-16-10-8-12/h3-10,15H,1-2,11H2/t15-/m0/s1. The van der Waals surface area contributed by atoms with Crippen LogP contribution in [-0.4, -0.2) is 29.2 Å². The molecule has 0 bridgehead atoms. The van der Waals surface area contributed by atoms with E-state index in [1.54, 1.807) is 12.4 Å². The number of pyridine rings is 1. The van der Waals surface area contributed by atoms with Crippen LogP contribution in [-0.2, 0) is 10.0 Å². The van der Waals surface area contributed by atoms with E-state index < -0.39 is 14.9 Å². The van der Waals surface area contributed by atoms with Crippen LogP contribution in [0.3, 0.4) is 0 Å².